The Hall–Kier alpha value is -2.65. The van der Waals surface area contributed by atoms with Crippen molar-refractivity contribution in [3.8, 4) is 17.0 Å². The lowest BCUT2D eigenvalue weighted by atomic mass is 10.0. The van der Waals surface area contributed by atoms with Crippen LogP contribution in [0.3, 0.4) is 0 Å². The molecule has 0 aliphatic rings. The van der Waals surface area contributed by atoms with Gasteiger partial charge >= 0.3 is 15.6 Å². The number of hydrogen-bond acceptors (Lipinski definition) is 4. The van der Waals surface area contributed by atoms with Crippen molar-refractivity contribution in [2.75, 3.05) is 0 Å². The first-order chi connectivity index (χ1) is 16.5. The lowest BCUT2D eigenvalue weighted by Crippen LogP contribution is -2.21. The van der Waals surface area contributed by atoms with Crippen molar-refractivity contribution < 1.29 is 31.2 Å². The summed E-state index contributed by atoms with van der Waals surface area (Å²) in [5, 5.41) is 11.8. The Kier molecular flexibility index (Phi) is 11.0. The van der Waals surface area contributed by atoms with Crippen LogP contribution in [0, 0.1) is 0 Å². The highest BCUT2D eigenvalue weighted by Crippen LogP contribution is 2.26. The summed E-state index contributed by atoms with van der Waals surface area (Å²) in [6.45, 7) is 2.27. The van der Waals surface area contributed by atoms with Crippen molar-refractivity contribution in [2.45, 2.75) is 70.2 Å². The van der Waals surface area contributed by atoms with E-state index in [0.29, 0.717) is 5.75 Å². The molecule has 0 saturated heterocycles. The average Bonchev–Trinajstić information content (AvgIpc) is 2.80. The molecule has 0 radical (unpaired) electrons. The minimum atomic E-state index is -5.84. The number of alkyl halides is 3. The van der Waals surface area contributed by atoms with Crippen LogP contribution < -0.4 is 0 Å². The molecule has 35 heavy (non-hydrogen) atoms. The minimum Gasteiger partial charge on any atom is -0.508 e. The molecule has 3 rings (SSSR count). The molecule has 0 saturated carbocycles. The highest BCUT2D eigenvalue weighted by molar-refractivity contribution is 7.86. The number of phenols is 1. The number of rotatable bonds is 10. The maximum absolute atomic E-state index is 10.7. The Labute approximate surface area is 204 Å². The smallest absolute Gasteiger partial charge is 0.508 e. The third kappa shape index (κ3) is 9.85. The maximum atomic E-state index is 10.7. The van der Waals surface area contributed by atoms with E-state index in [1.165, 1.54) is 56.9 Å². The van der Waals surface area contributed by atoms with Crippen LogP contribution in [0.4, 0.5) is 13.2 Å². The number of hydrogen-bond donors (Lipinski definition) is 2. The molecule has 0 aliphatic heterocycles. The third-order valence-electron chi connectivity index (χ3n) is 5.56. The van der Waals surface area contributed by atoms with Gasteiger partial charge in [0.15, 0.2) is 0 Å². The van der Waals surface area contributed by atoms with Gasteiger partial charge in [0.05, 0.1) is 5.69 Å². The number of pyridine rings is 1. The second-order valence-electron chi connectivity index (χ2n) is 8.44. The van der Waals surface area contributed by atoms with Gasteiger partial charge in [-0.25, -0.2) is 0 Å². The van der Waals surface area contributed by atoms with Crippen LogP contribution in [0.25, 0.3) is 22.0 Å². The summed E-state index contributed by atoms with van der Waals surface area (Å²) in [6, 6.07) is 16.1. The van der Waals surface area contributed by atoms with Gasteiger partial charge in [-0.15, -0.1) is 0 Å². The highest BCUT2D eigenvalue weighted by atomic mass is 32.2. The summed E-state index contributed by atoms with van der Waals surface area (Å²) in [5.41, 5.74) is -2.08. The average molecular weight is 512 g/mol. The number of aromatic nitrogens is 1. The van der Waals surface area contributed by atoms with Crippen LogP contribution in [-0.4, -0.2) is 28.6 Å². The molecule has 0 amide bonds. The molecule has 2 aromatic carbocycles. The number of unbranched alkanes of at least 4 members (excludes halogenated alkanes) is 7. The predicted molar refractivity (Wildman–Crippen MR) is 133 cm³/mol. The number of phenolic OH excluding ortho intramolecular Hbond substituents is 1. The molecule has 0 atom stereocenters. The fourth-order valence-electron chi connectivity index (χ4n) is 3.60. The van der Waals surface area contributed by atoms with Crippen molar-refractivity contribution in [3.63, 3.8) is 0 Å². The number of fused-ring (bicyclic) bond motifs is 1. The molecule has 1 aromatic heterocycles. The zero-order valence-electron chi connectivity index (χ0n) is 19.8. The second kappa shape index (κ2) is 13.4. The van der Waals surface area contributed by atoms with Gasteiger partial charge in [0, 0.05) is 11.8 Å². The topological polar surface area (TPSA) is 87.5 Å². The van der Waals surface area contributed by atoms with Crippen molar-refractivity contribution in [3.05, 3.63) is 60.3 Å². The van der Waals surface area contributed by atoms with E-state index in [2.05, 4.69) is 36.2 Å². The fourth-order valence-corrected chi connectivity index (χ4v) is 3.60. The van der Waals surface area contributed by atoms with E-state index in [9.17, 15) is 18.3 Å². The summed E-state index contributed by atoms with van der Waals surface area (Å²) >= 11 is 0. The Morgan fingerprint density at radius 3 is 1.97 bits per heavy atom. The third-order valence-corrected chi connectivity index (χ3v) is 6.14. The quantitative estimate of drug-likeness (QED) is 0.166. The molecule has 1 heterocycles. The van der Waals surface area contributed by atoms with Crippen LogP contribution in [0.1, 0.15) is 63.9 Å². The van der Waals surface area contributed by atoms with E-state index in [1.54, 1.807) is 12.1 Å². The summed E-state index contributed by atoms with van der Waals surface area (Å²) in [7, 11) is -5.84. The fraction of sp³-hybridized carbons (Fsp3) is 0.423. The SMILES string of the molecule is CCCCCCCCCCc1ccc(-c2ccc3cc(O)ccc3c2)nc1.O=S(=O)(O)C(F)(F)F. The number of aryl methyl sites for hydroxylation is 1. The first-order valence-corrected chi connectivity index (χ1v) is 13.2. The van der Waals surface area contributed by atoms with Gasteiger partial charge in [0.2, 0.25) is 0 Å². The first-order valence-electron chi connectivity index (χ1n) is 11.7. The van der Waals surface area contributed by atoms with Gasteiger partial charge in [-0.05, 0) is 53.4 Å². The molecule has 0 unspecified atom stereocenters. The monoisotopic (exact) mass is 511 g/mol. The van der Waals surface area contributed by atoms with Gasteiger partial charge in [-0.3, -0.25) is 9.54 Å². The van der Waals surface area contributed by atoms with E-state index < -0.39 is 15.6 Å². The van der Waals surface area contributed by atoms with Crippen LogP contribution >= 0.6 is 0 Å². The highest BCUT2D eigenvalue weighted by Gasteiger charge is 2.44. The van der Waals surface area contributed by atoms with Crippen LogP contribution in [0.2, 0.25) is 0 Å². The van der Waals surface area contributed by atoms with Crippen LogP contribution in [0.15, 0.2) is 54.7 Å². The van der Waals surface area contributed by atoms with Gasteiger partial charge in [0.25, 0.3) is 0 Å². The Balaban J connectivity index is 0.000000466. The van der Waals surface area contributed by atoms with E-state index in [-0.39, 0.29) is 0 Å². The summed E-state index contributed by atoms with van der Waals surface area (Å²) in [6.07, 6.45) is 14.0. The second-order valence-corrected chi connectivity index (χ2v) is 9.86. The maximum Gasteiger partial charge on any atom is 0.522 e. The predicted octanol–water partition coefficient (Wildman–Crippen LogP) is 7.68. The van der Waals surface area contributed by atoms with Gasteiger partial charge in [-0.2, -0.15) is 21.6 Å². The Morgan fingerprint density at radius 2 is 1.40 bits per heavy atom. The Bertz CT molecular complexity index is 1160. The standard InChI is InChI=1S/C25H31NO.CHF3O3S/c1-2-3-4-5-6-7-8-9-10-20-11-16-25(26-19-20)23-13-12-22-18-24(27)15-14-21(22)17-23;2-1(3,4)8(5,6)7/h11-19,27H,2-10H2,1H3;(H,5,6,7). The number of benzene rings is 2. The van der Waals surface area contributed by atoms with Crippen LogP contribution in [0.5, 0.6) is 5.75 Å². The molecule has 192 valence electrons. The lowest BCUT2D eigenvalue weighted by molar-refractivity contribution is -0.0510. The van der Waals surface area contributed by atoms with Gasteiger partial charge in [0.1, 0.15) is 5.75 Å². The van der Waals surface area contributed by atoms with Crippen LogP contribution in [-0.2, 0) is 16.5 Å². The summed E-state index contributed by atoms with van der Waals surface area (Å²) in [5.74, 6) is 0.304. The zero-order valence-corrected chi connectivity index (χ0v) is 20.6. The molecular weight excluding hydrogens is 479 g/mol. The molecule has 0 aliphatic carbocycles. The molecular formula is C26H32F3NO4S. The molecule has 0 spiro atoms. The molecule has 0 fully saturated rings. The van der Waals surface area contributed by atoms with E-state index in [0.717, 1.165) is 28.5 Å². The first kappa shape index (κ1) is 28.6. The van der Waals surface area contributed by atoms with E-state index in [1.807, 2.05) is 18.3 Å². The normalized spacial score (nSPS) is 11.8. The molecule has 2 N–H and O–H groups in total. The number of halogens is 3. The zero-order chi connectivity index (χ0) is 25.9. The molecule has 5 nitrogen and oxygen atoms in total. The molecule has 9 heteroatoms. The molecule has 0 bridgehead atoms. The lowest BCUT2D eigenvalue weighted by Gasteiger charge is -2.06. The van der Waals surface area contributed by atoms with Gasteiger partial charge < -0.3 is 5.11 Å². The Morgan fingerprint density at radius 1 is 0.829 bits per heavy atom. The summed E-state index contributed by atoms with van der Waals surface area (Å²) in [4.78, 5) is 4.67. The number of nitrogens with zero attached hydrogens (tertiary/aromatic N) is 1. The molecule has 3 aromatic rings. The van der Waals surface area contributed by atoms with E-state index in [4.69, 9.17) is 13.0 Å². The van der Waals surface area contributed by atoms with Crippen molar-refractivity contribution >= 4 is 20.9 Å². The number of aromatic hydroxyl groups is 1. The van der Waals surface area contributed by atoms with E-state index >= 15 is 0 Å². The largest absolute Gasteiger partial charge is 0.522 e. The summed E-state index contributed by atoms with van der Waals surface area (Å²) < 4.78 is 57.5. The van der Waals surface area contributed by atoms with Gasteiger partial charge in [-0.1, -0.05) is 76.1 Å². The van der Waals surface area contributed by atoms with Crippen molar-refractivity contribution in [2.24, 2.45) is 0 Å². The van der Waals surface area contributed by atoms with Crippen molar-refractivity contribution in [1.29, 1.82) is 0 Å². The van der Waals surface area contributed by atoms with Crippen molar-refractivity contribution in [1.82, 2.24) is 4.98 Å². The minimum absolute atomic E-state index is 0.304.